The third-order valence-electron chi connectivity index (χ3n) is 2.81. The molecule has 1 N–H and O–H groups in total. The highest BCUT2D eigenvalue weighted by molar-refractivity contribution is 5.92. The highest BCUT2D eigenvalue weighted by Gasteiger charge is 2.12. The van der Waals surface area contributed by atoms with Crippen LogP contribution in [0.3, 0.4) is 0 Å². The van der Waals surface area contributed by atoms with Crippen LogP contribution in [-0.2, 0) is 11.2 Å². The van der Waals surface area contributed by atoms with Crippen LogP contribution in [0.5, 0.6) is 0 Å². The summed E-state index contributed by atoms with van der Waals surface area (Å²) in [6.45, 7) is 5.92. The van der Waals surface area contributed by atoms with Crippen LogP contribution in [-0.4, -0.2) is 5.91 Å². The minimum atomic E-state index is 0.0190. The van der Waals surface area contributed by atoms with Gasteiger partial charge in [0.05, 0.1) is 0 Å². The molecule has 0 radical (unpaired) electrons. The number of hydrogen-bond donors (Lipinski definition) is 1. The predicted molar refractivity (Wildman–Crippen MR) is 67.3 cm³/mol. The van der Waals surface area contributed by atoms with Crippen molar-refractivity contribution in [2.75, 3.05) is 5.32 Å². The van der Waals surface area contributed by atoms with Crippen LogP contribution in [0.15, 0.2) is 23.8 Å². The lowest BCUT2D eigenvalue weighted by molar-refractivity contribution is -0.118. The van der Waals surface area contributed by atoms with E-state index in [1.807, 2.05) is 26.0 Å². The lowest BCUT2D eigenvalue weighted by Crippen LogP contribution is -2.17. The summed E-state index contributed by atoms with van der Waals surface area (Å²) in [7, 11) is 0. The molecule has 0 unspecified atom stereocenters. The van der Waals surface area contributed by atoms with Gasteiger partial charge in [-0.2, -0.15) is 0 Å². The monoisotopic (exact) mass is 215 g/mol. The van der Waals surface area contributed by atoms with E-state index in [1.165, 1.54) is 16.7 Å². The molecule has 2 nitrogen and oxygen atoms in total. The summed E-state index contributed by atoms with van der Waals surface area (Å²) in [6.07, 6.45) is 3.22. The second-order valence-corrected chi connectivity index (χ2v) is 4.73. The van der Waals surface area contributed by atoms with E-state index in [0.29, 0.717) is 0 Å². The number of fused-ring (bicyclic) bond motifs is 1. The Balaban J connectivity index is 2.19. The number of benzene rings is 1. The van der Waals surface area contributed by atoms with Crippen LogP contribution < -0.4 is 5.32 Å². The fraction of sp³-hybridized carbons (Fsp3) is 0.357. The maximum atomic E-state index is 11.6. The molecule has 1 aromatic carbocycles. The van der Waals surface area contributed by atoms with Gasteiger partial charge in [0.15, 0.2) is 0 Å². The predicted octanol–water partition coefficient (Wildman–Crippen LogP) is 3.24. The molecular weight excluding hydrogens is 198 g/mol. The molecule has 16 heavy (non-hydrogen) atoms. The van der Waals surface area contributed by atoms with E-state index in [0.717, 1.165) is 12.1 Å². The van der Waals surface area contributed by atoms with E-state index in [1.54, 1.807) is 0 Å². The number of anilines is 1. The molecule has 0 bridgehead atoms. The standard InChI is InChI=1S/C14H17NO/c1-9(2)14(16)15-13-5-4-11-6-10(3)7-12(11)8-13/h4-5,7-9H,6H2,1-3H3,(H,15,16). The molecule has 2 heteroatoms. The first-order valence-electron chi connectivity index (χ1n) is 5.67. The summed E-state index contributed by atoms with van der Waals surface area (Å²) in [6, 6.07) is 6.12. The minimum absolute atomic E-state index is 0.0190. The van der Waals surface area contributed by atoms with Gasteiger partial charge < -0.3 is 5.32 Å². The molecule has 0 aromatic heterocycles. The third-order valence-corrected chi connectivity index (χ3v) is 2.81. The Labute approximate surface area is 96.4 Å². The van der Waals surface area contributed by atoms with Gasteiger partial charge in [0.2, 0.25) is 5.91 Å². The van der Waals surface area contributed by atoms with Crippen molar-refractivity contribution in [1.29, 1.82) is 0 Å². The van der Waals surface area contributed by atoms with Crippen molar-refractivity contribution < 1.29 is 4.79 Å². The SMILES string of the molecule is CC1=Cc2cc(NC(=O)C(C)C)ccc2C1. The smallest absolute Gasteiger partial charge is 0.226 e. The Hall–Kier alpha value is -1.57. The maximum Gasteiger partial charge on any atom is 0.226 e. The van der Waals surface area contributed by atoms with Crippen LogP contribution in [0.25, 0.3) is 6.08 Å². The first-order chi connectivity index (χ1) is 7.56. The van der Waals surface area contributed by atoms with Gasteiger partial charge in [-0.05, 0) is 36.6 Å². The zero-order valence-corrected chi connectivity index (χ0v) is 10.0. The molecule has 0 atom stereocenters. The number of carbonyl (C=O) groups excluding carboxylic acids is 1. The molecule has 1 aromatic rings. The summed E-state index contributed by atoms with van der Waals surface area (Å²) in [5.74, 6) is 0.0872. The van der Waals surface area contributed by atoms with Crippen LogP contribution in [0.2, 0.25) is 0 Å². The number of carbonyl (C=O) groups is 1. The Morgan fingerprint density at radius 2 is 2.12 bits per heavy atom. The van der Waals surface area contributed by atoms with E-state index in [9.17, 15) is 4.79 Å². The average Bonchev–Trinajstić information content (AvgIpc) is 2.57. The number of rotatable bonds is 2. The van der Waals surface area contributed by atoms with Gasteiger partial charge in [-0.25, -0.2) is 0 Å². The molecule has 0 spiro atoms. The van der Waals surface area contributed by atoms with Crippen LogP contribution in [0.4, 0.5) is 5.69 Å². The Morgan fingerprint density at radius 3 is 2.81 bits per heavy atom. The van der Waals surface area contributed by atoms with Crippen molar-refractivity contribution in [2.24, 2.45) is 5.92 Å². The molecule has 0 aliphatic heterocycles. The maximum absolute atomic E-state index is 11.6. The van der Waals surface area contributed by atoms with E-state index in [4.69, 9.17) is 0 Å². The summed E-state index contributed by atoms with van der Waals surface area (Å²) in [4.78, 5) is 11.6. The van der Waals surface area contributed by atoms with E-state index >= 15 is 0 Å². The van der Waals surface area contributed by atoms with Gasteiger partial charge >= 0.3 is 0 Å². The van der Waals surface area contributed by atoms with Gasteiger partial charge in [-0.1, -0.05) is 31.6 Å². The van der Waals surface area contributed by atoms with Crippen LogP contribution >= 0.6 is 0 Å². The molecule has 84 valence electrons. The van der Waals surface area contributed by atoms with Gasteiger partial charge in [0.1, 0.15) is 0 Å². The fourth-order valence-corrected chi connectivity index (χ4v) is 1.87. The summed E-state index contributed by atoms with van der Waals surface area (Å²) in [5, 5.41) is 2.92. The summed E-state index contributed by atoms with van der Waals surface area (Å²) >= 11 is 0. The molecule has 0 saturated heterocycles. The van der Waals surface area contributed by atoms with Gasteiger partial charge in [0.25, 0.3) is 0 Å². The van der Waals surface area contributed by atoms with E-state index in [-0.39, 0.29) is 11.8 Å². The molecule has 0 saturated carbocycles. The van der Waals surface area contributed by atoms with Crippen molar-refractivity contribution in [3.8, 4) is 0 Å². The number of allylic oxidation sites excluding steroid dienone is 1. The minimum Gasteiger partial charge on any atom is -0.326 e. The van der Waals surface area contributed by atoms with Crippen molar-refractivity contribution in [2.45, 2.75) is 27.2 Å². The summed E-state index contributed by atoms with van der Waals surface area (Å²) in [5.41, 5.74) is 4.85. The van der Waals surface area contributed by atoms with Crippen LogP contribution in [0.1, 0.15) is 31.9 Å². The molecule has 1 aliphatic carbocycles. The third kappa shape index (κ3) is 2.16. The first kappa shape index (κ1) is 10.9. The second-order valence-electron chi connectivity index (χ2n) is 4.73. The number of hydrogen-bond acceptors (Lipinski definition) is 1. The summed E-state index contributed by atoms with van der Waals surface area (Å²) < 4.78 is 0. The van der Waals surface area contributed by atoms with Crippen molar-refractivity contribution >= 4 is 17.7 Å². The quantitative estimate of drug-likeness (QED) is 0.806. The molecule has 1 aliphatic rings. The first-order valence-corrected chi connectivity index (χ1v) is 5.67. The Morgan fingerprint density at radius 1 is 1.38 bits per heavy atom. The van der Waals surface area contributed by atoms with Crippen molar-refractivity contribution in [3.05, 3.63) is 34.9 Å². The second kappa shape index (κ2) is 4.12. The molecule has 2 rings (SSSR count). The lowest BCUT2D eigenvalue weighted by Gasteiger charge is -2.09. The fourth-order valence-electron chi connectivity index (χ4n) is 1.87. The van der Waals surface area contributed by atoms with Crippen LogP contribution in [0, 0.1) is 5.92 Å². The molecule has 0 fully saturated rings. The van der Waals surface area contributed by atoms with Gasteiger partial charge in [0, 0.05) is 11.6 Å². The zero-order valence-electron chi connectivity index (χ0n) is 10.0. The molecular formula is C14H17NO. The van der Waals surface area contributed by atoms with Crippen molar-refractivity contribution in [1.82, 2.24) is 0 Å². The highest BCUT2D eigenvalue weighted by Crippen LogP contribution is 2.27. The highest BCUT2D eigenvalue weighted by atomic mass is 16.1. The van der Waals surface area contributed by atoms with E-state index < -0.39 is 0 Å². The topological polar surface area (TPSA) is 29.1 Å². The Bertz CT molecular complexity index is 458. The van der Waals surface area contributed by atoms with Crippen molar-refractivity contribution in [3.63, 3.8) is 0 Å². The average molecular weight is 215 g/mol. The van der Waals surface area contributed by atoms with Gasteiger partial charge in [-0.3, -0.25) is 4.79 Å². The zero-order chi connectivity index (χ0) is 11.7. The van der Waals surface area contributed by atoms with Gasteiger partial charge in [-0.15, -0.1) is 0 Å². The number of nitrogens with one attached hydrogen (secondary N) is 1. The van der Waals surface area contributed by atoms with E-state index in [2.05, 4.69) is 24.4 Å². The normalized spacial score (nSPS) is 13.6. The number of amides is 1. The molecule has 0 heterocycles. The largest absolute Gasteiger partial charge is 0.326 e. The molecule has 1 amide bonds. The Kier molecular flexibility index (Phi) is 2.82. The lowest BCUT2D eigenvalue weighted by atomic mass is 10.1.